The molecule has 0 saturated carbocycles. The van der Waals surface area contributed by atoms with Crippen molar-refractivity contribution in [1.82, 2.24) is 5.32 Å². The lowest BCUT2D eigenvalue weighted by Gasteiger charge is -2.20. The van der Waals surface area contributed by atoms with Gasteiger partial charge in [-0.05, 0) is 48.4 Å². The number of carbonyl (C=O) groups is 1. The number of rotatable bonds is 5. The largest absolute Gasteiger partial charge is 0.497 e. The van der Waals surface area contributed by atoms with E-state index < -0.39 is 5.41 Å². The predicted octanol–water partition coefficient (Wildman–Crippen LogP) is 3.73. The van der Waals surface area contributed by atoms with Crippen LogP contribution in [-0.2, 0) is 11.3 Å². The van der Waals surface area contributed by atoms with Gasteiger partial charge in [0, 0.05) is 12.4 Å². The first-order valence-electron chi connectivity index (χ1n) is 6.87. The van der Waals surface area contributed by atoms with E-state index in [0.29, 0.717) is 12.4 Å². The van der Waals surface area contributed by atoms with Crippen molar-refractivity contribution in [1.29, 1.82) is 0 Å². The zero-order valence-electron chi connectivity index (χ0n) is 12.6. The summed E-state index contributed by atoms with van der Waals surface area (Å²) >= 11 is 5.80. The number of alkyl halides is 1. The minimum absolute atomic E-state index is 0.0349. The number of carbonyl (C=O) groups excluding carboxylic acids is 1. The molecule has 0 aliphatic heterocycles. The Bertz CT molecular complexity index is 652. The summed E-state index contributed by atoms with van der Waals surface area (Å²) in [5.74, 6) is 1.11. The van der Waals surface area contributed by atoms with Gasteiger partial charge in [-0.1, -0.05) is 18.2 Å². The van der Waals surface area contributed by atoms with Crippen LogP contribution < -0.4 is 10.1 Å². The van der Waals surface area contributed by atoms with Crippen molar-refractivity contribution in [2.24, 2.45) is 5.41 Å². The maximum atomic E-state index is 12.0. The standard InChI is InChI=1S/C17H20ClNO2/c1-17(2,11-18)16(20)19-10-12-4-5-14-9-15(21-3)7-6-13(14)8-12/h4-9H,10-11H2,1-3H3,(H,19,20). The quantitative estimate of drug-likeness (QED) is 0.855. The number of hydrogen-bond donors (Lipinski definition) is 1. The molecule has 0 aliphatic carbocycles. The number of halogens is 1. The van der Waals surface area contributed by atoms with Crippen molar-refractivity contribution in [3.63, 3.8) is 0 Å². The van der Waals surface area contributed by atoms with Crippen LogP contribution in [0.1, 0.15) is 19.4 Å². The molecule has 21 heavy (non-hydrogen) atoms. The number of methoxy groups -OCH3 is 1. The second-order valence-electron chi connectivity index (χ2n) is 5.75. The van der Waals surface area contributed by atoms with E-state index in [4.69, 9.17) is 16.3 Å². The van der Waals surface area contributed by atoms with Crippen molar-refractivity contribution < 1.29 is 9.53 Å². The molecule has 0 fully saturated rings. The van der Waals surface area contributed by atoms with Crippen molar-refractivity contribution in [3.8, 4) is 5.75 Å². The predicted molar refractivity (Wildman–Crippen MR) is 86.8 cm³/mol. The zero-order valence-corrected chi connectivity index (χ0v) is 13.3. The summed E-state index contributed by atoms with van der Waals surface area (Å²) in [6.45, 7) is 4.17. The van der Waals surface area contributed by atoms with Crippen LogP contribution in [0, 0.1) is 5.41 Å². The fourth-order valence-electron chi connectivity index (χ4n) is 1.99. The maximum absolute atomic E-state index is 12.0. The fraction of sp³-hybridized carbons (Fsp3) is 0.353. The van der Waals surface area contributed by atoms with E-state index in [1.807, 2.05) is 44.2 Å². The highest BCUT2D eigenvalue weighted by atomic mass is 35.5. The van der Waals surface area contributed by atoms with Gasteiger partial charge in [-0.15, -0.1) is 11.6 Å². The van der Waals surface area contributed by atoms with Gasteiger partial charge in [-0.25, -0.2) is 0 Å². The summed E-state index contributed by atoms with van der Waals surface area (Å²) in [5.41, 5.74) is 0.512. The lowest BCUT2D eigenvalue weighted by molar-refractivity contribution is -0.128. The number of benzene rings is 2. The summed E-state index contributed by atoms with van der Waals surface area (Å²) in [4.78, 5) is 12.0. The Morgan fingerprint density at radius 2 is 1.86 bits per heavy atom. The summed E-state index contributed by atoms with van der Waals surface area (Å²) in [7, 11) is 1.66. The molecule has 0 radical (unpaired) electrons. The van der Waals surface area contributed by atoms with Gasteiger partial charge in [0.25, 0.3) is 0 Å². The highest BCUT2D eigenvalue weighted by Gasteiger charge is 2.25. The van der Waals surface area contributed by atoms with Crippen LogP contribution in [0.2, 0.25) is 0 Å². The number of amides is 1. The van der Waals surface area contributed by atoms with E-state index in [9.17, 15) is 4.79 Å². The topological polar surface area (TPSA) is 38.3 Å². The molecule has 1 N–H and O–H groups in total. The molecule has 3 nitrogen and oxygen atoms in total. The molecule has 0 aromatic heterocycles. The highest BCUT2D eigenvalue weighted by Crippen LogP contribution is 2.22. The van der Waals surface area contributed by atoms with Crippen LogP contribution >= 0.6 is 11.6 Å². The molecule has 0 unspecified atom stereocenters. The first kappa shape index (κ1) is 15.6. The Hall–Kier alpha value is -1.74. The first-order chi connectivity index (χ1) is 9.96. The summed E-state index contributed by atoms with van der Waals surface area (Å²) in [6.07, 6.45) is 0. The van der Waals surface area contributed by atoms with E-state index in [0.717, 1.165) is 22.1 Å². The molecule has 0 aliphatic rings. The molecular formula is C17H20ClNO2. The molecule has 0 saturated heterocycles. The Morgan fingerprint density at radius 3 is 2.52 bits per heavy atom. The fourth-order valence-corrected chi connectivity index (χ4v) is 2.11. The molecule has 0 spiro atoms. The molecule has 4 heteroatoms. The van der Waals surface area contributed by atoms with E-state index in [1.54, 1.807) is 7.11 Å². The summed E-state index contributed by atoms with van der Waals surface area (Å²) < 4.78 is 5.21. The lowest BCUT2D eigenvalue weighted by atomic mass is 9.95. The van der Waals surface area contributed by atoms with Crippen LogP contribution in [0.25, 0.3) is 10.8 Å². The van der Waals surface area contributed by atoms with Gasteiger partial charge >= 0.3 is 0 Å². The number of ether oxygens (including phenoxy) is 1. The molecule has 112 valence electrons. The molecule has 1 amide bonds. The second kappa shape index (κ2) is 6.35. The zero-order chi connectivity index (χ0) is 15.5. The van der Waals surface area contributed by atoms with Gasteiger partial charge < -0.3 is 10.1 Å². The molecule has 0 heterocycles. The molecule has 2 aromatic rings. The Labute approximate surface area is 130 Å². The lowest BCUT2D eigenvalue weighted by Crippen LogP contribution is -2.37. The third kappa shape index (κ3) is 3.67. The van der Waals surface area contributed by atoms with Crippen molar-refractivity contribution in [3.05, 3.63) is 42.0 Å². The van der Waals surface area contributed by atoms with Gasteiger partial charge in [-0.2, -0.15) is 0 Å². The van der Waals surface area contributed by atoms with Crippen LogP contribution in [0.15, 0.2) is 36.4 Å². The number of nitrogens with one attached hydrogen (secondary N) is 1. The van der Waals surface area contributed by atoms with E-state index in [2.05, 4.69) is 11.4 Å². The van der Waals surface area contributed by atoms with Crippen LogP contribution in [0.3, 0.4) is 0 Å². The monoisotopic (exact) mass is 305 g/mol. The summed E-state index contributed by atoms with van der Waals surface area (Å²) in [5, 5.41) is 5.17. The highest BCUT2D eigenvalue weighted by molar-refractivity contribution is 6.19. The Kier molecular flexibility index (Phi) is 4.73. The van der Waals surface area contributed by atoms with Crippen molar-refractivity contribution in [2.75, 3.05) is 13.0 Å². The number of fused-ring (bicyclic) bond motifs is 1. The van der Waals surface area contributed by atoms with Gasteiger partial charge in [-0.3, -0.25) is 4.79 Å². The first-order valence-corrected chi connectivity index (χ1v) is 7.41. The third-order valence-corrected chi connectivity index (χ3v) is 4.18. The Morgan fingerprint density at radius 1 is 1.19 bits per heavy atom. The molecule has 0 bridgehead atoms. The van der Waals surface area contributed by atoms with Gasteiger partial charge in [0.2, 0.25) is 5.91 Å². The normalized spacial score (nSPS) is 11.4. The van der Waals surface area contributed by atoms with Gasteiger partial charge in [0.1, 0.15) is 5.75 Å². The molecule has 0 atom stereocenters. The average Bonchev–Trinajstić information content (AvgIpc) is 2.51. The summed E-state index contributed by atoms with van der Waals surface area (Å²) in [6, 6.07) is 12.1. The molecule has 2 rings (SSSR count). The van der Waals surface area contributed by atoms with Crippen LogP contribution in [0.4, 0.5) is 0 Å². The van der Waals surface area contributed by atoms with E-state index in [-0.39, 0.29) is 5.91 Å². The van der Waals surface area contributed by atoms with Gasteiger partial charge in [0.05, 0.1) is 12.5 Å². The van der Waals surface area contributed by atoms with Crippen molar-refractivity contribution >= 4 is 28.3 Å². The second-order valence-corrected chi connectivity index (χ2v) is 6.01. The SMILES string of the molecule is COc1ccc2cc(CNC(=O)C(C)(C)CCl)ccc2c1. The maximum Gasteiger partial charge on any atom is 0.227 e. The third-order valence-electron chi connectivity index (χ3n) is 3.51. The van der Waals surface area contributed by atoms with E-state index >= 15 is 0 Å². The average molecular weight is 306 g/mol. The minimum atomic E-state index is -0.550. The van der Waals surface area contributed by atoms with E-state index in [1.165, 1.54) is 0 Å². The van der Waals surface area contributed by atoms with Crippen LogP contribution in [0.5, 0.6) is 5.75 Å². The van der Waals surface area contributed by atoms with Crippen molar-refractivity contribution in [2.45, 2.75) is 20.4 Å². The molecular weight excluding hydrogens is 286 g/mol. The Balaban J connectivity index is 2.11. The number of hydrogen-bond acceptors (Lipinski definition) is 2. The molecule has 2 aromatic carbocycles. The van der Waals surface area contributed by atoms with Gasteiger partial charge in [0.15, 0.2) is 0 Å². The smallest absolute Gasteiger partial charge is 0.227 e. The minimum Gasteiger partial charge on any atom is -0.497 e. The van der Waals surface area contributed by atoms with Crippen LogP contribution in [-0.4, -0.2) is 18.9 Å².